The molecule has 0 aliphatic carbocycles. The zero-order valence-electron chi connectivity index (χ0n) is 13.9. The van der Waals surface area contributed by atoms with Crippen LogP contribution in [0.4, 0.5) is 0 Å². The molecule has 0 radical (unpaired) electrons. The van der Waals surface area contributed by atoms with Gasteiger partial charge in [-0.2, -0.15) is 0 Å². The number of benzene rings is 3. The summed E-state index contributed by atoms with van der Waals surface area (Å²) in [6.45, 7) is 4.15. The van der Waals surface area contributed by atoms with Crippen LogP contribution >= 0.6 is 0 Å². The second kappa shape index (κ2) is 7.36. The van der Waals surface area contributed by atoms with Crippen molar-refractivity contribution in [3.63, 3.8) is 0 Å². The molecule has 0 heteroatoms. The number of hydrogen-bond acceptors (Lipinski definition) is 0. The Morgan fingerprint density at radius 3 is 1.25 bits per heavy atom. The van der Waals surface area contributed by atoms with E-state index in [2.05, 4.69) is 61.8 Å². The Hall–Kier alpha value is -3.22. The molecular weight excluding hydrogens is 288 g/mol. The maximum Gasteiger partial charge on any atom is 0.0261 e. The number of rotatable bonds is 0. The molecule has 0 unspecified atom stereocenters. The number of hydrogen-bond donors (Lipinski definition) is 0. The van der Waals surface area contributed by atoms with Crippen molar-refractivity contribution in [1.29, 1.82) is 0 Å². The lowest BCUT2D eigenvalue weighted by atomic mass is 10.1. The van der Waals surface area contributed by atoms with E-state index >= 15 is 0 Å². The van der Waals surface area contributed by atoms with E-state index in [0.717, 1.165) is 22.3 Å². The van der Waals surface area contributed by atoms with Gasteiger partial charge < -0.3 is 0 Å². The zero-order chi connectivity index (χ0) is 16.8. The Bertz CT molecular complexity index is 872. The van der Waals surface area contributed by atoms with Gasteiger partial charge in [0.25, 0.3) is 0 Å². The van der Waals surface area contributed by atoms with Gasteiger partial charge in [-0.1, -0.05) is 65.1 Å². The minimum Gasteiger partial charge on any atom is -0.0617 e. The van der Waals surface area contributed by atoms with E-state index in [1.807, 2.05) is 48.5 Å². The molecular formula is C24H18. The fraction of sp³-hybridized carbons (Fsp3) is 0.0833. The van der Waals surface area contributed by atoms with Gasteiger partial charge in [-0.15, -0.1) is 0 Å². The van der Waals surface area contributed by atoms with Crippen LogP contribution in [0.15, 0.2) is 72.8 Å². The molecule has 3 rings (SSSR count). The van der Waals surface area contributed by atoms with Crippen LogP contribution in [0, 0.1) is 37.5 Å². The summed E-state index contributed by atoms with van der Waals surface area (Å²) in [5, 5.41) is 0. The van der Waals surface area contributed by atoms with E-state index in [4.69, 9.17) is 0 Å². The lowest BCUT2D eigenvalue weighted by Crippen LogP contribution is -1.80. The van der Waals surface area contributed by atoms with Crippen LogP contribution in [0.5, 0.6) is 0 Å². The van der Waals surface area contributed by atoms with Crippen molar-refractivity contribution in [2.75, 3.05) is 0 Å². The van der Waals surface area contributed by atoms with Crippen LogP contribution in [-0.4, -0.2) is 0 Å². The first-order valence-electron chi connectivity index (χ1n) is 7.96. The lowest BCUT2D eigenvalue weighted by molar-refractivity contribution is 1.46. The van der Waals surface area contributed by atoms with Crippen LogP contribution in [0.1, 0.15) is 33.4 Å². The average molecular weight is 306 g/mol. The molecule has 3 aromatic carbocycles. The maximum atomic E-state index is 3.21. The van der Waals surface area contributed by atoms with Gasteiger partial charge in [-0.25, -0.2) is 0 Å². The Kier molecular flexibility index (Phi) is 4.81. The first-order chi connectivity index (χ1) is 11.7. The van der Waals surface area contributed by atoms with Gasteiger partial charge in [0.05, 0.1) is 0 Å². The summed E-state index contributed by atoms with van der Waals surface area (Å²) in [6.07, 6.45) is 0. The molecule has 0 bridgehead atoms. The van der Waals surface area contributed by atoms with Gasteiger partial charge in [0.1, 0.15) is 0 Å². The van der Waals surface area contributed by atoms with E-state index in [1.54, 1.807) is 0 Å². The van der Waals surface area contributed by atoms with Gasteiger partial charge >= 0.3 is 0 Å². The van der Waals surface area contributed by atoms with Crippen LogP contribution in [0.25, 0.3) is 0 Å². The smallest absolute Gasteiger partial charge is 0.0261 e. The number of aryl methyl sites for hydroxylation is 2. The molecule has 0 aromatic heterocycles. The zero-order valence-corrected chi connectivity index (χ0v) is 13.9. The van der Waals surface area contributed by atoms with Crippen molar-refractivity contribution in [2.45, 2.75) is 13.8 Å². The van der Waals surface area contributed by atoms with Crippen molar-refractivity contribution in [2.24, 2.45) is 0 Å². The third-order valence-corrected chi connectivity index (χ3v) is 3.67. The predicted molar refractivity (Wildman–Crippen MR) is 101 cm³/mol. The Balaban J connectivity index is 1.80. The molecule has 0 saturated carbocycles. The molecule has 114 valence electrons. The maximum absolute atomic E-state index is 3.21. The topological polar surface area (TPSA) is 0 Å². The highest BCUT2D eigenvalue weighted by molar-refractivity contribution is 5.49. The van der Waals surface area contributed by atoms with E-state index in [1.165, 1.54) is 11.1 Å². The molecule has 0 nitrogen and oxygen atoms in total. The molecule has 0 aliphatic rings. The monoisotopic (exact) mass is 306 g/mol. The molecule has 0 atom stereocenters. The van der Waals surface area contributed by atoms with E-state index in [0.29, 0.717) is 0 Å². The van der Waals surface area contributed by atoms with Crippen molar-refractivity contribution in [1.82, 2.24) is 0 Å². The van der Waals surface area contributed by atoms with Gasteiger partial charge in [-0.3, -0.25) is 0 Å². The van der Waals surface area contributed by atoms with Crippen molar-refractivity contribution in [3.05, 3.63) is 106 Å². The fourth-order valence-corrected chi connectivity index (χ4v) is 2.24. The highest BCUT2D eigenvalue weighted by atomic mass is 13.9. The first kappa shape index (κ1) is 15.7. The minimum absolute atomic E-state index is 0.978. The molecule has 0 N–H and O–H groups in total. The molecule has 0 heterocycles. The van der Waals surface area contributed by atoms with Crippen LogP contribution < -0.4 is 0 Å². The third-order valence-electron chi connectivity index (χ3n) is 3.67. The minimum atomic E-state index is 0.978. The molecule has 0 saturated heterocycles. The summed E-state index contributed by atoms with van der Waals surface area (Å²) >= 11 is 0. The lowest BCUT2D eigenvalue weighted by Gasteiger charge is -1.94. The van der Waals surface area contributed by atoms with E-state index in [9.17, 15) is 0 Å². The van der Waals surface area contributed by atoms with E-state index < -0.39 is 0 Å². The second-order valence-corrected chi connectivity index (χ2v) is 5.81. The van der Waals surface area contributed by atoms with Crippen molar-refractivity contribution >= 4 is 0 Å². The molecule has 0 amide bonds. The normalized spacial score (nSPS) is 9.42. The van der Waals surface area contributed by atoms with Crippen LogP contribution in [0.3, 0.4) is 0 Å². The van der Waals surface area contributed by atoms with Crippen LogP contribution in [0.2, 0.25) is 0 Å². The summed E-state index contributed by atoms with van der Waals surface area (Å²) in [5.41, 5.74) is 6.49. The summed E-state index contributed by atoms with van der Waals surface area (Å²) in [4.78, 5) is 0. The molecule has 3 aromatic rings. The average Bonchev–Trinajstić information content (AvgIpc) is 2.61. The highest BCUT2D eigenvalue weighted by Gasteiger charge is 1.92. The van der Waals surface area contributed by atoms with E-state index in [-0.39, 0.29) is 0 Å². The summed E-state index contributed by atoms with van der Waals surface area (Å²) in [5.74, 6) is 12.8. The standard InChI is InChI=1S/C24H18/c1-19-6-10-21(11-7-19)14-16-23-4-3-5-24(18-23)17-15-22-12-8-20(2)9-13-22/h3-13,18H,1-2H3. The largest absolute Gasteiger partial charge is 0.0617 e. The highest BCUT2D eigenvalue weighted by Crippen LogP contribution is 2.06. The first-order valence-corrected chi connectivity index (χ1v) is 7.96. The summed E-state index contributed by atoms with van der Waals surface area (Å²) < 4.78 is 0. The fourth-order valence-electron chi connectivity index (χ4n) is 2.24. The predicted octanol–water partition coefficient (Wildman–Crippen LogP) is 5.10. The van der Waals surface area contributed by atoms with Crippen molar-refractivity contribution in [3.8, 4) is 23.7 Å². The molecule has 24 heavy (non-hydrogen) atoms. The molecule has 0 spiro atoms. The Morgan fingerprint density at radius 2 is 0.833 bits per heavy atom. The summed E-state index contributed by atoms with van der Waals surface area (Å²) in [7, 11) is 0. The molecule has 0 aliphatic heterocycles. The van der Waals surface area contributed by atoms with Crippen LogP contribution in [-0.2, 0) is 0 Å². The Labute approximate surface area is 144 Å². The molecule has 0 fully saturated rings. The third kappa shape index (κ3) is 4.39. The van der Waals surface area contributed by atoms with Gasteiger partial charge in [0.2, 0.25) is 0 Å². The Morgan fingerprint density at radius 1 is 0.458 bits per heavy atom. The SMILES string of the molecule is Cc1ccc(C#Cc2cccc(C#Cc3ccc(C)cc3)c2)cc1. The van der Waals surface area contributed by atoms with Gasteiger partial charge in [0, 0.05) is 22.3 Å². The quantitative estimate of drug-likeness (QED) is 0.507. The summed E-state index contributed by atoms with van der Waals surface area (Å²) in [6, 6.07) is 24.5. The van der Waals surface area contributed by atoms with Gasteiger partial charge in [-0.05, 0) is 56.3 Å². The van der Waals surface area contributed by atoms with Gasteiger partial charge in [0.15, 0.2) is 0 Å². The second-order valence-electron chi connectivity index (χ2n) is 5.81. The van der Waals surface area contributed by atoms with Crippen molar-refractivity contribution < 1.29 is 0 Å².